The predicted octanol–water partition coefficient (Wildman–Crippen LogP) is 7.19. The molecule has 0 atom stereocenters. The number of benzene rings is 3. The van der Waals surface area contributed by atoms with Crippen LogP contribution in [0.5, 0.6) is 0 Å². The number of hydrogen-bond donors (Lipinski definition) is 1. The van der Waals surface area contributed by atoms with E-state index in [0.717, 1.165) is 45.2 Å². The summed E-state index contributed by atoms with van der Waals surface area (Å²) >= 11 is 6.25. The van der Waals surface area contributed by atoms with E-state index in [-0.39, 0.29) is 10.9 Å². The Hall–Kier alpha value is -3.57. The summed E-state index contributed by atoms with van der Waals surface area (Å²) in [6.45, 7) is 3.75. The van der Waals surface area contributed by atoms with Crippen LogP contribution >= 0.6 is 11.6 Å². The predicted molar refractivity (Wildman–Crippen MR) is 132 cm³/mol. The number of hydrogen-bond acceptors (Lipinski definition) is 3. The van der Waals surface area contributed by atoms with Crippen LogP contribution in [0.15, 0.2) is 72.8 Å². The van der Waals surface area contributed by atoms with Gasteiger partial charge >= 0.3 is 0 Å². The average Bonchev–Trinajstić information content (AvgIpc) is 2.78. The number of nitrogen functional groups attached to an aromatic ring is 1. The molecule has 0 unspecified atom stereocenters. The van der Waals surface area contributed by atoms with Gasteiger partial charge in [0, 0.05) is 41.0 Å². The monoisotopic (exact) mass is 461 g/mol. The first-order valence-corrected chi connectivity index (χ1v) is 10.8. The number of rotatable bonds is 2. The number of aryl methyl sites for hydroxylation is 1. The number of pyridine rings is 2. The maximum absolute atomic E-state index is 13.9. The highest BCUT2D eigenvalue weighted by Gasteiger charge is 2.15. The third-order valence-electron chi connectivity index (χ3n) is 5.36. The van der Waals surface area contributed by atoms with Gasteiger partial charge in [0.15, 0.2) is 0 Å². The van der Waals surface area contributed by atoms with Gasteiger partial charge in [0.2, 0.25) is 0 Å². The number of nitrogens with two attached hydrogens (primary N) is 1. The molecule has 0 saturated carbocycles. The molecule has 2 heterocycles. The fraction of sp³-hybridized carbons (Fsp3) is 0.111. The molecule has 33 heavy (non-hydrogen) atoms. The Balaban J connectivity index is 0.000000183. The van der Waals surface area contributed by atoms with E-state index in [4.69, 9.17) is 17.3 Å². The summed E-state index contributed by atoms with van der Waals surface area (Å²) in [6.07, 6.45) is 0.570. The van der Waals surface area contributed by atoms with Crippen LogP contribution in [0, 0.1) is 25.5 Å². The molecule has 0 spiro atoms. The van der Waals surface area contributed by atoms with E-state index in [1.807, 2.05) is 67.6 Å². The summed E-state index contributed by atoms with van der Waals surface area (Å²) in [5, 5.41) is 1.50. The molecular formula is C27H22ClF2N3. The van der Waals surface area contributed by atoms with E-state index >= 15 is 0 Å². The summed E-state index contributed by atoms with van der Waals surface area (Å²) in [5.74, 6) is -1.34. The zero-order valence-corrected chi connectivity index (χ0v) is 19.0. The van der Waals surface area contributed by atoms with Crippen LogP contribution in [-0.4, -0.2) is 9.97 Å². The molecule has 2 N–H and O–H groups in total. The van der Waals surface area contributed by atoms with Crippen LogP contribution in [0.25, 0.3) is 21.8 Å². The van der Waals surface area contributed by atoms with E-state index in [1.165, 1.54) is 6.07 Å². The standard InChI is InChI=1S/C17H12ClF2N.C10H10N2/c1-10-14(7-11-5-3-2-4-6-11)21-15-9-12(19)8-13(20)16(15)17(10)18;1-7-6-9(11)8-4-2-3-5-10(8)12-7/h2-6,8-9H,7H2,1H3;2-6H,1H3,(H2,11,12). The molecule has 0 radical (unpaired) electrons. The van der Waals surface area contributed by atoms with Gasteiger partial charge in [-0.1, -0.05) is 60.1 Å². The van der Waals surface area contributed by atoms with Gasteiger partial charge in [-0.25, -0.2) is 8.78 Å². The van der Waals surface area contributed by atoms with Gasteiger partial charge in [0.05, 0.1) is 21.4 Å². The first-order valence-electron chi connectivity index (χ1n) is 10.4. The van der Waals surface area contributed by atoms with Crippen molar-refractivity contribution in [3.8, 4) is 0 Å². The molecule has 2 aromatic heterocycles. The van der Waals surface area contributed by atoms with Crippen LogP contribution in [0.1, 0.15) is 22.5 Å². The van der Waals surface area contributed by atoms with Crippen molar-refractivity contribution in [2.45, 2.75) is 20.3 Å². The quantitative estimate of drug-likeness (QED) is 0.302. The number of nitrogens with zero attached hydrogens (tertiary/aromatic N) is 2. The van der Waals surface area contributed by atoms with Crippen LogP contribution in [-0.2, 0) is 6.42 Å². The van der Waals surface area contributed by atoms with Gasteiger partial charge in [-0.2, -0.15) is 0 Å². The molecule has 0 aliphatic heterocycles. The topological polar surface area (TPSA) is 51.8 Å². The lowest BCUT2D eigenvalue weighted by Gasteiger charge is -2.11. The molecule has 6 heteroatoms. The minimum atomic E-state index is -0.683. The van der Waals surface area contributed by atoms with E-state index in [1.54, 1.807) is 6.92 Å². The molecule has 0 aliphatic rings. The molecule has 3 nitrogen and oxygen atoms in total. The minimum absolute atomic E-state index is 0.173. The number of fused-ring (bicyclic) bond motifs is 2. The second-order valence-electron chi connectivity index (χ2n) is 7.81. The third kappa shape index (κ3) is 4.94. The Kier molecular flexibility index (Phi) is 6.52. The number of aromatic nitrogens is 2. The van der Waals surface area contributed by atoms with Crippen molar-refractivity contribution in [1.82, 2.24) is 9.97 Å². The first kappa shape index (κ1) is 22.6. The van der Waals surface area contributed by atoms with Crippen LogP contribution in [0.2, 0.25) is 5.02 Å². The largest absolute Gasteiger partial charge is 0.398 e. The van der Waals surface area contributed by atoms with Gasteiger partial charge < -0.3 is 5.73 Å². The molecule has 0 bridgehead atoms. The number of para-hydroxylation sites is 1. The summed E-state index contributed by atoms with van der Waals surface area (Å²) in [5.41, 5.74) is 11.3. The Labute approximate surface area is 195 Å². The highest BCUT2D eigenvalue weighted by Crippen LogP contribution is 2.31. The Bertz CT molecular complexity index is 1450. The zero-order valence-electron chi connectivity index (χ0n) is 18.2. The molecule has 5 aromatic rings. The highest BCUT2D eigenvalue weighted by molar-refractivity contribution is 6.36. The van der Waals surface area contributed by atoms with Crippen molar-refractivity contribution < 1.29 is 8.78 Å². The van der Waals surface area contributed by atoms with Gasteiger partial charge in [0.25, 0.3) is 0 Å². The van der Waals surface area contributed by atoms with Crippen LogP contribution in [0.4, 0.5) is 14.5 Å². The lowest BCUT2D eigenvalue weighted by atomic mass is 10.0. The van der Waals surface area contributed by atoms with E-state index < -0.39 is 11.6 Å². The summed E-state index contributed by atoms with van der Waals surface area (Å²) in [4.78, 5) is 8.74. The SMILES string of the molecule is Cc1c(Cc2ccccc2)nc2cc(F)cc(F)c2c1Cl.Cc1cc(N)c2ccccc2n1. The smallest absolute Gasteiger partial charge is 0.137 e. The van der Waals surface area contributed by atoms with E-state index in [2.05, 4.69) is 9.97 Å². The summed E-state index contributed by atoms with van der Waals surface area (Å²) in [7, 11) is 0. The van der Waals surface area contributed by atoms with Gasteiger partial charge in [-0.15, -0.1) is 0 Å². The maximum atomic E-state index is 13.9. The first-order chi connectivity index (χ1) is 15.8. The fourth-order valence-corrected chi connectivity index (χ4v) is 4.01. The van der Waals surface area contributed by atoms with E-state index in [0.29, 0.717) is 11.4 Å². The average molecular weight is 462 g/mol. The second kappa shape index (κ2) is 9.51. The van der Waals surface area contributed by atoms with Crippen molar-refractivity contribution in [2.24, 2.45) is 0 Å². The molecule has 166 valence electrons. The Morgan fingerprint density at radius 2 is 1.55 bits per heavy atom. The number of halogens is 3. The summed E-state index contributed by atoms with van der Waals surface area (Å²) < 4.78 is 27.2. The van der Waals surface area contributed by atoms with Gasteiger partial charge in [-0.05, 0) is 37.1 Å². The highest BCUT2D eigenvalue weighted by atomic mass is 35.5. The Morgan fingerprint density at radius 1 is 0.848 bits per heavy atom. The lowest BCUT2D eigenvalue weighted by Crippen LogP contribution is -2.00. The fourth-order valence-electron chi connectivity index (χ4n) is 3.71. The van der Waals surface area contributed by atoms with Crippen molar-refractivity contribution >= 4 is 39.1 Å². The molecule has 0 amide bonds. The summed E-state index contributed by atoms with van der Waals surface area (Å²) in [6, 6.07) is 21.6. The lowest BCUT2D eigenvalue weighted by molar-refractivity contribution is 0.591. The minimum Gasteiger partial charge on any atom is -0.398 e. The van der Waals surface area contributed by atoms with Gasteiger partial charge in [-0.3, -0.25) is 9.97 Å². The molecule has 0 saturated heterocycles. The van der Waals surface area contributed by atoms with Gasteiger partial charge in [0.1, 0.15) is 11.6 Å². The van der Waals surface area contributed by atoms with Crippen molar-refractivity contribution in [1.29, 1.82) is 0 Å². The zero-order chi connectivity index (χ0) is 23.5. The second-order valence-corrected chi connectivity index (χ2v) is 8.19. The molecular weight excluding hydrogens is 440 g/mol. The third-order valence-corrected chi connectivity index (χ3v) is 5.83. The number of anilines is 1. The maximum Gasteiger partial charge on any atom is 0.137 e. The van der Waals surface area contributed by atoms with Crippen molar-refractivity contribution in [3.05, 3.63) is 112 Å². The normalized spacial score (nSPS) is 10.8. The van der Waals surface area contributed by atoms with Crippen molar-refractivity contribution in [2.75, 3.05) is 5.73 Å². The molecule has 0 fully saturated rings. The molecule has 3 aromatic carbocycles. The van der Waals surface area contributed by atoms with E-state index in [9.17, 15) is 8.78 Å². The Morgan fingerprint density at radius 3 is 2.30 bits per heavy atom. The molecule has 5 rings (SSSR count). The molecule has 0 aliphatic carbocycles. The van der Waals surface area contributed by atoms with Crippen LogP contribution in [0.3, 0.4) is 0 Å². The van der Waals surface area contributed by atoms with Crippen molar-refractivity contribution in [3.63, 3.8) is 0 Å². The van der Waals surface area contributed by atoms with Crippen LogP contribution < -0.4 is 5.73 Å².